The van der Waals surface area contributed by atoms with Crippen LogP contribution in [0.1, 0.15) is 25.3 Å². The average molecular weight is 363 g/mol. The Morgan fingerprint density at radius 2 is 1.85 bits per heavy atom. The van der Waals surface area contributed by atoms with Crippen molar-refractivity contribution in [1.29, 1.82) is 0 Å². The quantitative estimate of drug-likeness (QED) is 0.715. The van der Waals surface area contributed by atoms with Crippen molar-refractivity contribution in [2.45, 2.75) is 19.8 Å². The maximum absolute atomic E-state index is 6.03. The fourth-order valence-electron chi connectivity index (χ4n) is 2.59. The lowest BCUT2D eigenvalue weighted by molar-refractivity contribution is 0.470. The molecule has 0 unspecified atom stereocenters. The van der Waals surface area contributed by atoms with Gasteiger partial charge < -0.3 is 21.1 Å². The molecule has 0 spiro atoms. The van der Waals surface area contributed by atoms with Gasteiger partial charge in [0.2, 0.25) is 5.95 Å². The number of aromatic nitrogens is 3. The minimum Gasteiger partial charge on any atom is -0.451 e. The van der Waals surface area contributed by atoms with Gasteiger partial charge in [-0.15, -0.1) is 0 Å². The van der Waals surface area contributed by atoms with Gasteiger partial charge in [0.05, 0.1) is 11.9 Å². The molecular weight excluding hydrogens is 340 g/mol. The molecule has 0 atom stereocenters. The summed E-state index contributed by atoms with van der Waals surface area (Å²) in [4.78, 5) is 14.5. The van der Waals surface area contributed by atoms with Crippen LogP contribution in [0.4, 0.5) is 17.5 Å². The fourth-order valence-corrected chi connectivity index (χ4v) is 2.59. The van der Waals surface area contributed by atoms with Gasteiger partial charge in [-0.2, -0.15) is 4.98 Å². The first-order valence-corrected chi connectivity index (χ1v) is 8.60. The summed E-state index contributed by atoms with van der Waals surface area (Å²) >= 11 is 0. The van der Waals surface area contributed by atoms with Crippen LogP contribution < -0.4 is 21.1 Å². The molecule has 1 aromatic carbocycles. The summed E-state index contributed by atoms with van der Waals surface area (Å²) in [6.07, 6.45) is 3.29. The van der Waals surface area contributed by atoms with Crippen molar-refractivity contribution in [2.24, 2.45) is 0 Å². The van der Waals surface area contributed by atoms with E-state index in [1.165, 1.54) is 6.20 Å². The molecule has 0 saturated heterocycles. The first-order chi connectivity index (χ1) is 12.8. The fraction of sp³-hybridized carbons (Fsp3) is 0.250. The number of benzene rings is 1. The van der Waals surface area contributed by atoms with Crippen molar-refractivity contribution in [3.05, 3.63) is 48.3 Å². The Kier molecular flexibility index (Phi) is 5.12. The van der Waals surface area contributed by atoms with E-state index in [9.17, 15) is 0 Å². The van der Waals surface area contributed by atoms with E-state index in [1.807, 2.05) is 49.5 Å². The van der Waals surface area contributed by atoms with Crippen LogP contribution >= 0.6 is 0 Å². The van der Waals surface area contributed by atoms with E-state index in [4.69, 9.17) is 16.2 Å². The van der Waals surface area contributed by atoms with Crippen molar-refractivity contribution < 1.29 is 4.74 Å². The van der Waals surface area contributed by atoms with E-state index in [0.29, 0.717) is 11.5 Å². The monoisotopic (exact) mass is 363 g/mol. The summed E-state index contributed by atoms with van der Waals surface area (Å²) in [5.74, 6) is 1.52. The Morgan fingerprint density at radius 1 is 1.07 bits per heavy atom. The lowest BCUT2D eigenvalue weighted by atomic mass is 10.0. The third kappa shape index (κ3) is 4.08. The smallest absolute Gasteiger partial charge is 0.222 e. The lowest BCUT2D eigenvalue weighted by Gasteiger charge is -2.16. The molecular formula is C20H23N6O. The normalized spacial score (nSPS) is 10.9. The zero-order valence-corrected chi connectivity index (χ0v) is 15.9. The molecule has 3 aromatic rings. The van der Waals surface area contributed by atoms with E-state index in [1.54, 1.807) is 0 Å². The summed E-state index contributed by atoms with van der Waals surface area (Å²) in [6.45, 7) is 4.15. The summed E-state index contributed by atoms with van der Waals surface area (Å²) in [6, 6.07) is 11.0. The Labute approximate surface area is 159 Å². The van der Waals surface area contributed by atoms with E-state index in [2.05, 4.69) is 34.9 Å². The average Bonchev–Trinajstić information content (AvgIpc) is 2.64. The molecule has 0 aliphatic rings. The van der Waals surface area contributed by atoms with Gasteiger partial charge in [0.25, 0.3) is 0 Å². The molecule has 0 bridgehead atoms. The molecule has 0 saturated carbocycles. The lowest BCUT2D eigenvalue weighted by Crippen LogP contribution is -2.08. The maximum Gasteiger partial charge on any atom is 0.222 e. The van der Waals surface area contributed by atoms with Crippen LogP contribution in [-0.4, -0.2) is 29.0 Å². The highest BCUT2D eigenvalue weighted by atomic mass is 16.5. The number of rotatable bonds is 5. The Morgan fingerprint density at radius 3 is 2.52 bits per heavy atom. The minimum absolute atomic E-state index is 0.106. The second kappa shape index (κ2) is 7.49. The van der Waals surface area contributed by atoms with E-state index in [-0.39, 0.29) is 17.7 Å². The number of nitrogens with zero attached hydrogens (tertiary/aromatic N) is 4. The van der Waals surface area contributed by atoms with Crippen molar-refractivity contribution in [2.75, 3.05) is 30.5 Å². The molecule has 2 aromatic heterocycles. The third-order valence-corrected chi connectivity index (χ3v) is 4.12. The molecule has 139 valence electrons. The Hall–Kier alpha value is -3.35. The molecule has 7 nitrogen and oxygen atoms in total. The van der Waals surface area contributed by atoms with Gasteiger partial charge in [0.1, 0.15) is 5.75 Å². The van der Waals surface area contributed by atoms with Crippen LogP contribution in [0.25, 0.3) is 11.3 Å². The van der Waals surface area contributed by atoms with Crippen LogP contribution in [0.2, 0.25) is 0 Å². The van der Waals surface area contributed by atoms with E-state index < -0.39 is 0 Å². The second-order valence-corrected chi connectivity index (χ2v) is 6.70. The number of anilines is 3. The number of ether oxygens (including phenoxy) is 1. The van der Waals surface area contributed by atoms with Crippen LogP contribution in [0.15, 0.2) is 36.7 Å². The van der Waals surface area contributed by atoms with Crippen LogP contribution in [0.3, 0.4) is 0 Å². The predicted octanol–water partition coefficient (Wildman–Crippen LogP) is 3.48. The standard InChI is InChI=1S/C20H23N6O/c1-12(2)15-10-23-16(13-6-5-7-14(8-13)26(3)4)9-17(15)27-18-11-24-20(22)25-19(18)21/h5,7-12H,1-4H3,(H4,21,22,24,25). The topological polar surface area (TPSA) is 103 Å². The molecule has 2 heterocycles. The molecule has 1 radical (unpaired) electrons. The number of nitrogen functional groups attached to an aromatic ring is 2. The van der Waals surface area contributed by atoms with Crippen LogP contribution in [0.5, 0.6) is 11.5 Å². The van der Waals surface area contributed by atoms with Gasteiger partial charge >= 0.3 is 0 Å². The summed E-state index contributed by atoms with van der Waals surface area (Å²) < 4.78 is 6.03. The summed E-state index contributed by atoms with van der Waals surface area (Å²) in [7, 11) is 3.99. The van der Waals surface area contributed by atoms with Crippen LogP contribution in [-0.2, 0) is 0 Å². The Balaban J connectivity index is 2.04. The van der Waals surface area contributed by atoms with Gasteiger partial charge in [-0.3, -0.25) is 4.98 Å². The van der Waals surface area contributed by atoms with Crippen molar-refractivity contribution in [3.63, 3.8) is 0 Å². The molecule has 0 aliphatic heterocycles. The highest BCUT2D eigenvalue weighted by molar-refractivity contribution is 5.67. The number of nitrogens with two attached hydrogens (primary N) is 2. The largest absolute Gasteiger partial charge is 0.451 e. The highest BCUT2D eigenvalue weighted by Crippen LogP contribution is 2.35. The first-order valence-electron chi connectivity index (χ1n) is 8.60. The summed E-state index contributed by atoms with van der Waals surface area (Å²) in [5.41, 5.74) is 15.1. The Bertz CT molecular complexity index is 955. The molecule has 4 N–H and O–H groups in total. The van der Waals surface area contributed by atoms with Gasteiger partial charge in [-0.05, 0) is 24.1 Å². The first kappa shape index (κ1) is 18.4. The molecule has 0 amide bonds. The number of hydrogen-bond acceptors (Lipinski definition) is 7. The number of pyridine rings is 1. The minimum atomic E-state index is 0.106. The molecule has 7 heteroatoms. The van der Waals surface area contributed by atoms with Gasteiger partial charge in [-0.25, -0.2) is 4.98 Å². The molecule has 0 fully saturated rings. The zero-order valence-electron chi connectivity index (χ0n) is 15.9. The molecule has 27 heavy (non-hydrogen) atoms. The zero-order chi connectivity index (χ0) is 19.6. The van der Waals surface area contributed by atoms with Crippen molar-refractivity contribution in [1.82, 2.24) is 15.0 Å². The highest BCUT2D eigenvalue weighted by Gasteiger charge is 2.15. The van der Waals surface area contributed by atoms with Crippen molar-refractivity contribution >= 4 is 17.5 Å². The molecule has 0 aliphatic carbocycles. The predicted molar refractivity (Wildman–Crippen MR) is 108 cm³/mol. The maximum atomic E-state index is 6.03. The van der Waals surface area contributed by atoms with Gasteiger partial charge in [-0.1, -0.05) is 19.9 Å². The number of hydrogen-bond donors (Lipinski definition) is 2. The van der Waals surface area contributed by atoms with Crippen LogP contribution in [0, 0.1) is 6.07 Å². The second-order valence-electron chi connectivity index (χ2n) is 6.70. The van der Waals surface area contributed by atoms with Gasteiger partial charge in [0, 0.05) is 43.2 Å². The van der Waals surface area contributed by atoms with Crippen molar-refractivity contribution in [3.8, 4) is 22.8 Å². The van der Waals surface area contributed by atoms with E-state index >= 15 is 0 Å². The van der Waals surface area contributed by atoms with Gasteiger partial charge in [0.15, 0.2) is 11.6 Å². The van der Waals surface area contributed by atoms with E-state index in [0.717, 1.165) is 22.5 Å². The molecule has 3 rings (SSSR count). The third-order valence-electron chi connectivity index (χ3n) is 4.12. The SMILES string of the molecule is CC(C)c1cnc(-c2[c]ccc(N(C)C)c2)cc1Oc1cnc(N)nc1N. The summed E-state index contributed by atoms with van der Waals surface area (Å²) in [5, 5.41) is 0.